The summed E-state index contributed by atoms with van der Waals surface area (Å²) in [6.07, 6.45) is 4.54. The minimum Gasteiger partial charge on any atom is -0.493 e. The van der Waals surface area contributed by atoms with Gasteiger partial charge in [0.05, 0.1) is 12.2 Å². The summed E-state index contributed by atoms with van der Waals surface area (Å²) < 4.78 is 6.74. The van der Waals surface area contributed by atoms with E-state index in [1.165, 1.54) is 12.8 Å². The molecule has 0 bridgehead atoms. The Kier molecular flexibility index (Phi) is 6.88. The largest absolute Gasteiger partial charge is 0.493 e. The number of halogens is 1. The molecule has 27 heavy (non-hydrogen) atoms. The molecule has 3 rings (SSSR count). The highest BCUT2D eigenvalue weighted by Crippen LogP contribution is 2.26. The lowest BCUT2D eigenvalue weighted by atomic mass is 10.1. The number of anilines is 1. The maximum Gasteiger partial charge on any atom is 0.259 e. The second-order valence-electron chi connectivity index (χ2n) is 6.57. The number of nitrogens with one attached hydrogen (secondary N) is 1. The lowest BCUT2D eigenvalue weighted by molar-refractivity contribution is 0.102. The minimum atomic E-state index is -0.171. The Hall–Kier alpha value is -2.33. The molecular formula is C23H24BrNO2. The molecule has 0 aliphatic heterocycles. The van der Waals surface area contributed by atoms with Gasteiger partial charge >= 0.3 is 0 Å². The predicted octanol–water partition coefficient (Wildman–Crippen LogP) is 6.81. The lowest BCUT2D eigenvalue weighted by Crippen LogP contribution is -2.14. The molecule has 0 fully saturated rings. The molecule has 4 heteroatoms. The van der Waals surface area contributed by atoms with Crippen molar-refractivity contribution >= 4 is 38.3 Å². The number of hydrogen-bond donors (Lipinski definition) is 1. The first kappa shape index (κ1) is 19.4. The number of ether oxygens (including phenoxy) is 1. The van der Waals surface area contributed by atoms with E-state index >= 15 is 0 Å². The molecule has 0 unspecified atom stereocenters. The normalized spacial score (nSPS) is 10.7. The van der Waals surface area contributed by atoms with Gasteiger partial charge < -0.3 is 10.1 Å². The number of unbranched alkanes of at least 4 members (excludes halogenated alkanes) is 3. The van der Waals surface area contributed by atoms with Gasteiger partial charge in [-0.2, -0.15) is 0 Å². The van der Waals surface area contributed by atoms with Crippen LogP contribution in [0.2, 0.25) is 0 Å². The number of fused-ring (bicyclic) bond motifs is 1. The fourth-order valence-corrected chi connectivity index (χ4v) is 3.34. The van der Waals surface area contributed by atoms with Gasteiger partial charge in [-0.05, 0) is 47.5 Å². The molecule has 140 valence electrons. The molecule has 0 aromatic heterocycles. The van der Waals surface area contributed by atoms with E-state index in [0.29, 0.717) is 17.9 Å². The first-order chi connectivity index (χ1) is 13.2. The standard InChI is InChI=1S/C23H24BrNO2/c1-2-3-4-7-14-27-22-13-11-19(24)16-21(22)23(26)25-20-12-10-17-8-5-6-9-18(17)15-20/h5-6,8-13,15-16H,2-4,7,14H2,1H3,(H,25,26). The average Bonchev–Trinajstić information content (AvgIpc) is 2.68. The van der Waals surface area contributed by atoms with Crippen molar-refractivity contribution in [1.29, 1.82) is 0 Å². The third-order valence-corrected chi connectivity index (χ3v) is 4.94. The lowest BCUT2D eigenvalue weighted by Gasteiger charge is -2.13. The van der Waals surface area contributed by atoms with Gasteiger partial charge in [0.2, 0.25) is 0 Å². The molecule has 0 saturated carbocycles. The van der Waals surface area contributed by atoms with Crippen LogP contribution in [-0.4, -0.2) is 12.5 Å². The second-order valence-corrected chi connectivity index (χ2v) is 7.48. The molecule has 0 saturated heterocycles. The third kappa shape index (κ3) is 5.33. The Morgan fingerprint density at radius 3 is 2.59 bits per heavy atom. The van der Waals surface area contributed by atoms with Crippen molar-refractivity contribution in [2.75, 3.05) is 11.9 Å². The SMILES string of the molecule is CCCCCCOc1ccc(Br)cc1C(=O)Nc1ccc2ccccc2c1. The van der Waals surface area contributed by atoms with Crippen molar-refractivity contribution in [1.82, 2.24) is 0 Å². The fourth-order valence-electron chi connectivity index (χ4n) is 2.98. The maximum atomic E-state index is 12.8. The van der Waals surface area contributed by atoms with Crippen molar-refractivity contribution in [3.63, 3.8) is 0 Å². The van der Waals surface area contributed by atoms with Crippen molar-refractivity contribution in [3.05, 3.63) is 70.7 Å². The molecular weight excluding hydrogens is 402 g/mol. The van der Waals surface area contributed by atoms with Gasteiger partial charge in [0.1, 0.15) is 5.75 Å². The third-order valence-electron chi connectivity index (χ3n) is 4.45. The van der Waals surface area contributed by atoms with Crippen LogP contribution in [0.4, 0.5) is 5.69 Å². The molecule has 0 aliphatic carbocycles. The molecule has 1 N–H and O–H groups in total. The van der Waals surface area contributed by atoms with E-state index in [9.17, 15) is 4.79 Å². The van der Waals surface area contributed by atoms with Crippen molar-refractivity contribution in [2.24, 2.45) is 0 Å². The molecule has 1 amide bonds. The Balaban J connectivity index is 1.73. The summed E-state index contributed by atoms with van der Waals surface area (Å²) in [4.78, 5) is 12.8. The number of amides is 1. The maximum absolute atomic E-state index is 12.8. The van der Waals surface area contributed by atoms with Crippen LogP contribution in [0.1, 0.15) is 43.0 Å². The first-order valence-corrected chi connectivity index (χ1v) is 10.2. The Morgan fingerprint density at radius 2 is 1.78 bits per heavy atom. The summed E-state index contributed by atoms with van der Waals surface area (Å²) in [5, 5.41) is 5.23. The molecule has 3 aromatic carbocycles. The van der Waals surface area contributed by atoms with E-state index in [1.807, 2.05) is 48.5 Å². The zero-order valence-corrected chi connectivity index (χ0v) is 17.1. The molecule has 0 spiro atoms. The molecule has 0 radical (unpaired) electrons. The Morgan fingerprint density at radius 1 is 0.963 bits per heavy atom. The first-order valence-electron chi connectivity index (χ1n) is 9.40. The van der Waals surface area contributed by atoms with Gasteiger partial charge in [-0.15, -0.1) is 0 Å². The highest BCUT2D eigenvalue weighted by Gasteiger charge is 2.14. The van der Waals surface area contributed by atoms with E-state index in [2.05, 4.69) is 34.2 Å². The van der Waals surface area contributed by atoms with Crippen LogP contribution >= 0.6 is 15.9 Å². The van der Waals surface area contributed by atoms with E-state index < -0.39 is 0 Å². The van der Waals surface area contributed by atoms with Gasteiger partial charge in [0.15, 0.2) is 0 Å². The molecule has 3 nitrogen and oxygen atoms in total. The van der Waals surface area contributed by atoms with Crippen LogP contribution in [0, 0.1) is 0 Å². The molecule has 0 atom stereocenters. The summed E-state index contributed by atoms with van der Waals surface area (Å²) in [6.45, 7) is 2.81. The van der Waals surface area contributed by atoms with Crippen molar-refractivity contribution in [3.8, 4) is 5.75 Å². The summed E-state index contributed by atoms with van der Waals surface area (Å²) in [7, 11) is 0. The van der Waals surface area contributed by atoms with E-state index in [0.717, 1.165) is 33.8 Å². The van der Waals surface area contributed by atoms with Crippen LogP contribution in [0.25, 0.3) is 10.8 Å². The zero-order valence-electron chi connectivity index (χ0n) is 15.5. The fraction of sp³-hybridized carbons (Fsp3) is 0.261. The number of hydrogen-bond acceptors (Lipinski definition) is 2. The average molecular weight is 426 g/mol. The van der Waals surface area contributed by atoms with Gasteiger partial charge in [0.25, 0.3) is 5.91 Å². The zero-order chi connectivity index (χ0) is 19.1. The van der Waals surface area contributed by atoms with Gasteiger partial charge in [-0.1, -0.05) is 72.4 Å². The number of benzene rings is 3. The van der Waals surface area contributed by atoms with E-state index in [-0.39, 0.29) is 5.91 Å². The van der Waals surface area contributed by atoms with Crippen molar-refractivity contribution < 1.29 is 9.53 Å². The summed E-state index contributed by atoms with van der Waals surface area (Å²) >= 11 is 3.45. The highest BCUT2D eigenvalue weighted by atomic mass is 79.9. The van der Waals surface area contributed by atoms with Gasteiger partial charge in [-0.3, -0.25) is 4.79 Å². The van der Waals surface area contributed by atoms with Crippen LogP contribution in [0.3, 0.4) is 0 Å². The van der Waals surface area contributed by atoms with E-state index in [4.69, 9.17) is 4.74 Å². The van der Waals surface area contributed by atoms with E-state index in [1.54, 1.807) is 6.07 Å². The Bertz CT molecular complexity index is 923. The predicted molar refractivity (Wildman–Crippen MR) is 116 cm³/mol. The summed E-state index contributed by atoms with van der Waals surface area (Å²) in [6, 6.07) is 19.6. The number of carbonyl (C=O) groups excluding carboxylic acids is 1. The van der Waals surface area contributed by atoms with Crippen LogP contribution < -0.4 is 10.1 Å². The van der Waals surface area contributed by atoms with Gasteiger partial charge in [0, 0.05) is 10.2 Å². The number of rotatable bonds is 8. The topological polar surface area (TPSA) is 38.3 Å². The Labute approximate surface area is 168 Å². The van der Waals surface area contributed by atoms with Crippen molar-refractivity contribution in [2.45, 2.75) is 32.6 Å². The van der Waals surface area contributed by atoms with Crippen LogP contribution in [0.5, 0.6) is 5.75 Å². The minimum absolute atomic E-state index is 0.171. The highest BCUT2D eigenvalue weighted by molar-refractivity contribution is 9.10. The second kappa shape index (κ2) is 9.56. The molecule has 3 aromatic rings. The molecule has 0 heterocycles. The summed E-state index contributed by atoms with van der Waals surface area (Å²) in [5.74, 6) is 0.447. The smallest absolute Gasteiger partial charge is 0.259 e. The monoisotopic (exact) mass is 425 g/mol. The number of carbonyl (C=O) groups is 1. The van der Waals surface area contributed by atoms with Crippen LogP contribution in [0.15, 0.2) is 65.1 Å². The molecule has 0 aliphatic rings. The quantitative estimate of drug-likeness (QED) is 0.402. The van der Waals surface area contributed by atoms with Crippen LogP contribution in [-0.2, 0) is 0 Å². The van der Waals surface area contributed by atoms with Gasteiger partial charge in [-0.25, -0.2) is 0 Å². The summed E-state index contributed by atoms with van der Waals surface area (Å²) in [5.41, 5.74) is 1.31.